The van der Waals surface area contributed by atoms with Crippen molar-refractivity contribution in [1.29, 1.82) is 0 Å². The van der Waals surface area contributed by atoms with Crippen molar-refractivity contribution < 1.29 is 10.2 Å². The summed E-state index contributed by atoms with van der Waals surface area (Å²) in [6, 6.07) is 6.11. The summed E-state index contributed by atoms with van der Waals surface area (Å²) in [5.41, 5.74) is 3.25. The van der Waals surface area contributed by atoms with Crippen LogP contribution in [0.2, 0.25) is 0 Å². The highest BCUT2D eigenvalue weighted by Crippen LogP contribution is 2.37. The molecule has 0 aliphatic heterocycles. The van der Waals surface area contributed by atoms with Crippen LogP contribution in [0.1, 0.15) is 83.3 Å². The van der Waals surface area contributed by atoms with E-state index in [-0.39, 0.29) is 11.5 Å². The van der Waals surface area contributed by atoms with Gasteiger partial charge in [-0.1, -0.05) is 64.7 Å². The largest absolute Gasteiger partial charge is 0.507 e. The maximum Gasteiger partial charge on any atom is 0.123 e. The monoisotopic (exact) mass is 316 g/mol. The number of aliphatic hydroxyl groups is 1. The quantitative estimate of drug-likeness (QED) is 0.646. The van der Waals surface area contributed by atoms with Gasteiger partial charge in [0.15, 0.2) is 0 Å². The van der Waals surface area contributed by atoms with E-state index in [9.17, 15) is 10.2 Å². The Hall–Kier alpha value is -1.28. The zero-order valence-corrected chi connectivity index (χ0v) is 14.9. The molecule has 0 bridgehead atoms. The Morgan fingerprint density at radius 3 is 2.61 bits per heavy atom. The summed E-state index contributed by atoms with van der Waals surface area (Å²) in [7, 11) is 0. The smallest absolute Gasteiger partial charge is 0.123 e. The van der Waals surface area contributed by atoms with Gasteiger partial charge in [-0.2, -0.15) is 0 Å². The number of phenols is 1. The van der Waals surface area contributed by atoms with Crippen LogP contribution in [-0.2, 0) is 5.41 Å². The standard InChI is InChI=1S/C21H32O2/c1-4-5-6-7-13-21(2,3)17-11-12-19(20(23)15-17)16-9-8-10-18(22)14-16/h9,11-12,15,18,22-23H,4-8,10,13-14H2,1-3H3. The minimum absolute atomic E-state index is 0.0875. The van der Waals surface area contributed by atoms with Crippen LogP contribution in [0.25, 0.3) is 5.57 Å². The Morgan fingerprint density at radius 1 is 1.17 bits per heavy atom. The van der Waals surface area contributed by atoms with E-state index in [2.05, 4.69) is 32.9 Å². The Balaban J connectivity index is 2.10. The average Bonchev–Trinajstić information content (AvgIpc) is 2.51. The number of aliphatic hydroxyl groups excluding tert-OH is 1. The van der Waals surface area contributed by atoms with Crippen LogP contribution in [0.15, 0.2) is 24.3 Å². The van der Waals surface area contributed by atoms with Crippen LogP contribution in [0.4, 0.5) is 0 Å². The zero-order chi connectivity index (χ0) is 16.9. The van der Waals surface area contributed by atoms with E-state index < -0.39 is 0 Å². The fraction of sp³-hybridized carbons (Fsp3) is 0.619. The molecule has 1 unspecified atom stereocenters. The van der Waals surface area contributed by atoms with Crippen LogP contribution in [0.5, 0.6) is 5.75 Å². The first-order valence-electron chi connectivity index (χ1n) is 9.15. The molecular weight excluding hydrogens is 284 g/mol. The Kier molecular flexibility index (Phi) is 6.29. The predicted molar refractivity (Wildman–Crippen MR) is 97.7 cm³/mol. The van der Waals surface area contributed by atoms with E-state index in [1.54, 1.807) is 0 Å². The first kappa shape index (κ1) is 18.1. The van der Waals surface area contributed by atoms with Gasteiger partial charge in [0, 0.05) is 5.56 Å². The summed E-state index contributed by atoms with van der Waals surface area (Å²) in [5.74, 6) is 0.351. The molecule has 2 rings (SSSR count). The van der Waals surface area contributed by atoms with Crippen molar-refractivity contribution in [2.75, 3.05) is 0 Å². The molecule has 1 atom stereocenters. The minimum atomic E-state index is -0.274. The zero-order valence-electron chi connectivity index (χ0n) is 14.9. The number of unbranched alkanes of at least 4 members (excludes halogenated alkanes) is 3. The highest BCUT2D eigenvalue weighted by atomic mass is 16.3. The summed E-state index contributed by atoms with van der Waals surface area (Å²) in [4.78, 5) is 0. The van der Waals surface area contributed by atoms with E-state index in [1.165, 1.54) is 31.2 Å². The SMILES string of the molecule is CCCCCCC(C)(C)c1ccc(C2=CCCC(O)C2)c(O)c1. The lowest BCUT2D eigenvalue weighted by Gasteiger charge is -2.27. The molecule has 0 radical (unpaired) electrons. The van der Waals surface area contributed by atoms with E-state index in [0.29, 0.717) is 12.2 Å². The summed E-state index contributed by atoms with van der Waals surface area (Å²) < 4.78 is 0. The number of hydrogen-bond donors (Lipinski definition) is 2. The molecule has 2 nitrogen and oxygen atoms in total. The summed E-state index contributed by atoms with van der Waals surface area (Å²) in [6.07, 6.45) is 10.5. The van der Waals surface area contributed by atoms with Crippen molar-refractivity contribution >= 4 is 5.57 Å². The highest BCUT2D eigenvalue weighted by Gasteiger charge is 2.22. The Labute approximate surface area is 141 Å². The first-order valence-corrected chi connectivity index (χ1v) is 9.15. The first-order chi connectivity index (χ1) is 10.9. The van der Waals surface area contributed by atoms with Crippen LogP contribution >= 0.6 is 0 Å². The third-order valence-electron chi connectivity index (χ3n) is 5.13. The number of allylic oxidation sites excluding steroid dienone is 1. The summed E-state index contributed by atoms with van der Waals surface area (Å²) in [6.45, 7) is 6.76. The molecule has 0 saturated heterocycles. The van der Waals surface area contributed by atoms with Gasteiger partial charge in [0.1, 0.15) is 5.75 Å². The normalized spacial score (nSPS) is 18.8. The fourth-order valence-corrected chi connectivity index (χ4v) is 3.47. The molecule has 2 heteroatoms. The number of hydrogen-bond acceptors (Lipinski definition) is 2. The van der Waals surface area contributed by atoms with Crippen LogP contribution in [0, 0.1) is 0 Å². The van der Waals surface area contributed by atoms with Gasteiger partial charge in [-0.15, -0.1) is 0 Å². The van der Waals surface area contributed by atoms with Crippen molar-refractivity contribution in [3.8, 4) is 5.75 Å². The molecule has 1 aromatic carbocycles. The average molecular weight is 316 g/mol. The highest BCUT2D eigenvalue weighted by molar-refractivity contribution is 5.71. The summed E-state index contributed by atoms with van der Waals surface area (Å²) in [5, 5.41) is 20.3. The lowest BCUT2D eigenvalue weighted by Crippen LogP contribution is -2.17. The minimum Gasteiger partial charge on any atom is -0.507 e. The molecule has 0 heterocycles. The second-order valence-corrected chi connectivity index (χ2v) is 7.59. The van der Waals surface area contributed by atoms with Gasteiger partial charge in [-0.3, -0.25) is 0 Å². The lowest BCUT2D eigenvalue weighted by molar-refractivity contribution is 0.167. The predicted octanol–water partition coefficient (Wildman–Crippen LogP) is 5.57. The van der Waals surface area contributed by atoms with Gasteiger partial charge in [0.25, 0.3) is 0 Å². The molecule has 0 spiro atoms. The van der Waals surface area contributed by atoms with Crippen LogP contribution < -0.4 is 0 Å². The maximum absolute atomic E-state index is 10.5. The second-order valence-electron chi connectivity index (χ2n) is 7.59. The van der Waals surface area contributed by atoms with Gasteiger partial charge < -0.3 is 10.2 Å². The molecule has 1 aliphatic rings. The molecule has 2 N–H and O–H groups in total. The third-order valence-corrected chi connectivity index (χ3v) is 5.13. The lowest BCUT2D eigenvalue weighted by atomic mass is 9.79. The van der Waals surface area contributed by atoms with Crippen molar-refractivity contribution in [3.05, 3.63) is 35.4 Å². The van der Waals surface area contributed by atoms with Crippen molar-refractivity contribution in [1.82, 2.24) is 0 Å². The van der Waals surface area contributed by atoms with Crippen molar-refractivity contribution in [3.63, 3.8) is 0 Å². The number of benzene rings is 1. The maximum atomic E-state index is 10.5. The molecule has 0 aromatic heterocycles. The van der Waals surface area contributed by atoms with Gasteiger partial charge >= 0.3 is 0 Å². The number of rotatable bonds is 7. The summed E-state index contributed by atoms with van der Waals surface area (Å²) >= 11 is 0. The topological polar surface area (TPSA) is 40.5 Å². The Morgan fingerprint density at radius 2 is 1.96 bits per heavy atom. The van der Waals surface area contributed by atoms with Crippen molar-refractivity contribution in [2.24, 2.45) is 0 Å². The number of aromatic hydroxyl groups is 1. The molecule has 0 saturated carbocycles. The molecule has 1 aliphatic carbocycles. The molecule has 128 valence electrons. The van der Waals surface area contributed by atoms with E-state index in [4.69, 9.17) is 0 Å². The van der Waals surface area contributed by atoms with Gasteiger partial charge in [0.2, 0.25) is 0 Å². The molecular formula is C21H32O2. The van der Waals surface area contributed by atoms with Crippen molar-refractivity contribution in [2.45, 2.75) is 83.7 Å². The van der Waals surface area contributed by atoms with Gasteiger partial charge in [0.05, 0.1) is 6.10 Å². The Bertz CT molecular complexity index is 543. The van der Waals surface area contributed by atoms with E-state index in [1.807, 2.05) is 12.1 Å². The second kappa shape index (κ2) is 8.01. The fourth-order valence-electron chi connectivity index (χ4n) is 3.47. The molecule has 23 heavy (non-hydrogen) atoms. The molecule has 0 amide bonds. The van der Waals surface area contributed by atoms with Gasteiger partial charge in [-0.25, -0.2) is 0 Å². The van der Waals surface area contributed by atoms with E-state index >= 15 is 0 Å². The van der Waals surface area contributed by atoms with E-state index in [0.717, 1.165) is 30.4 Å². The van der Waals surface area contributed by atoms with Crippen LogP contribution in [-0.4, -0.2) is 16.3 Å². The van der Waals surface area contributed by atoms with Crippen LogP contribution in [0.3, 0.4) is 0 Å². The molecule has 1 aromatic rings. The third kappa shape index (κ3) is 4.84. The number of phenolic OH excluding ortho intramolecular Hbond substituents is 1. The molecule has 0 fully saturated rings. The van der Waals surface area contributed by atoms with Gasteiger partial charge in [-0.05, 0) is 48.3 Å².